The van der Waals surface area contributed by atoms with E-state index >= 15 is 0 Å². The number of amides is 3. The van der Waals surface area contributed by atoms with Crippen LogP contribution in [-0.2, 0) is 26.5 Å². The molecule has 0 spiro atoms. The molecule has 0 radical (unpaired) electrons. The highest BCUT2D eigenvalue weighted by Gasteiger charge is 2.39. The van der Waals surface area contributed by atoms with Gasteiger partial charge in [-0.25, -0.2) is 4.79 Å². The van der Waals surface area contributed by atoms with Gasteiger partial charge in [0.2, 0.25) is 0 Å². The number of hydrogen-bond acceptors (Lipinski definition) is 3. The Bertz CT molecular complexity index is 1680. The maximum Gasteiger partial charge on any atom is 0.327 e. The minimum atomic E-state index is -0.591. The Morgan fingerprint density at radius 2 is 0.961 bits per heavy atom. The Morgan fingerprint density at radius 1 is 0.608 bits per heavy atom. The van der Waals surface area contributed by atoms with Crippen LogP contribution in [0.2, 0.25) is 0 Å². The van der Waals surface area contributed by atoms with Gasteiger partial charge in [0.05, 0.1) is 12.0 Å². The molecule has 0 aromatic heterocycles. The molecule has 1 saturated heterocycles. The fraction of sp³-hybridized carbons (Fsp3) is 0.391. The fourth-order valence-corrected chi connectivity index (χ4v) is 7.01. The molecule has 51 heavy (non-hydrogen) atoms. The Kier molecular flexibility index (Phi) is 10.7. The van der Waals surface area contributed by atoms with Gasteiger partial charge in [0, 0.05) is 19.6 Å². The molecule has 1 aliphatic heterocycles. The molecular weight excluding hydrogens is 629 g/mol. The summed E-state index contributed by atoms with van der Waals surface area (Å²) in [6.07, 6.45) is 1.85. The summed E-state index contributed by atoms with van der Waals surface area (Å²) in [6, 6.07) is 35.8. The van der Waals surface area contributed by atoms with Gasteiger partial charge in [-0.1, -0.05) is 154 Å². The van der Waals surface area contributed by atoms with Gasteiger partial charge in [0.1, 0.15) is 5.75 Å². The van der Waals surface area contributed by atoms with Crippen LogP contribution < -0.4 is 4.74 Å². The molecule has 1 heterocycles. The molecule has 0 N–H and O–H groups in total. The standard InChI is InChI=1S/C46H56N2O3/c1-11-41(49)48-31-30-47(42(48)50)29-12-32-51-40-27-25-39(26-28-40)46(36-19-13-33(14-20-36)43(2,3)4,37-21-15-34(16-22-37)44(5,6)7)38-23-17-35(18-24-38)45(8,9)10/h11,13-28H,1,12,29-32H2,2-10H3. The predicted octanol–water partition coefficient (Wildman–Crippen LogP) is 10.2. The zero-order valence-electron chi connectivity index (χ0n) is 32.2. The molecule has 1 fully saturated rings. The quantitative estimate of drug-likeness (QED) is 0.0949. The second-order valence-electron chi connectivity index (χ2n) is 16.9. The second-order valence-corrected chi connectivity index (χ2v) is 16.9. The third-order valence-electron chi connectivity index (χ3n) is 10.2. The Hall–Kier alpha value is -4.64. The largest absolute Gasteiger partial charge is 0.494 e. The normalized spacial score (nSPS) is 14.2. The van der Waals surface area contributed by atoms with Crippen LogP contribution in [0.1, 0.15) is 108 Å². The molecular formula is C46H56N2O3. The molecule has 0 bridgehead atoms. The van der Waals surface area contributed by atoms with E-state index < -0.39 is 5.41 Å². The van der Waals surface area contributed by atoms with Crippen molar-refractivity contribution in [3.63, 3.8) is 0 Å². The van der Waals surface area contributed by atoms with E-state index in [1.165, 1.54) is 44.4 Å². The highest BCUT2D eigenvalue weighted by atomic mass is 16.5. The summed E-state index contributed by atoms with van der Waals surface area (Å²) < 4.78 is 6.21. The summed E-state index contributed by atoms with van der Waals surface area (Å²) in [5.41, 5.74) is 8.17. The van der Waals surface area contributed by atoms with E-state index in [2.05, 4.69) is 166 Å². The van der Waals surface area contributed by atoms with E-state index in [4.69, 9.17) is 4.74 Å². The van der Waals surface area contributed by atoms with Crippen molar-refractivity contribution in [3.05, 3.63) is 149 Å². The number of imide groups is 1. The lowest BCUT2D eigenvalue weighted by molar-refractivity contribution is -0.122. The molecule has 0 saturated carbocycles. The molecule has 1 aliphatic rings. The lowest BCUT2D eigenvalue weighted by Crippen LogP contribution is -2.35. The van der Waals surface area contributed by atoms with E-state index in [1.807, 2.05) is 0 Å². The van der Waals surface area contributed by atoms with Gasteiger partial charge in [-0.05, 0) is 79.8 Å². The number of urea groups is 1. The van der Waals surface area contributed by atoms with E-state index in [1.54, 1.807) is 4.90 Å². The molecule has 0 unspecified atom stereocenters. The first kappa shape index (κ1) is 37.6. The SMILES string of the molecule is C=CC(=O)N1CCN(CCCOc2ccc(C(c3ccc(C(C)(C)C)cc3)(c3ccc(C(C)(C)C)cc3)c3ccc(C(C)(C)C)cc3)cc2)C1=O. The summed E-state index contributed by atoms with van der Waals surface area (Å²) in [4.78, 5) is 27.5. The summed E-state index contributed by atoms with van der Waals surface area (Å²) in [5, 5.41) is 0. The van der Waals surface area contributed by atoms with Crippen molar-refractivity contribution in [1.29, 1.82) is 0 Å². The van der Waals surface area contributed by atoms with Gasteiger partial charge in [-0.15, -0.1) is 0 Å². The number of ether oxygens (including phenoxy) is 1. The number of carbonyl (C=O) groups excluding carboxylic acids is 2. The van der Waals surface area contributed by atoms with Gasteiger partial charge in [0.15, 0.2) is 0 Å². The van der Waals surface area contributed by atoms with Gasteiger partial charge >= 0.3 is 6.03 Å². The van der Waals surface area contributed by atoms with Crippen molar-refractivity contribution in [1.82, 2.24) is 9.80 Å². The summed E-state index contributed by atoms with van der Waals surface area (Å²) >= 11 is 0. The zero-order valence-corrected chi connectivity index (χ0v) is 32.2. The van der Waals surface area contributed by atoms with Crippen LogP contribution in [0, 0.1) is 0 Å². The predicted molar refractivity (Wildman–Crippen MR) is 210 cm³/mol. The molecule has 268 valence electrons. The smallest absolute Gasteiger partial charge is 0.327 e. The van der Waals surface area contributed by atoms with Gasteiger partial charge in [-0.3, -0.25) is 9.69 Å². The Morgan fingerprint density at radius 3 is 1.31 bits per heavy atom. The topological polar surface area (TPSA) is 49.9 Å². The van der Waals surface area contributed by atoms with Crippen molar-refractivity contribution in [3.8, 4) is 5.75 Å². The van der Waals surface area contributed by atoms with Crippen molar-refractivity contribution in [2.75, 3.05) is 26.2 Å². The fourth-order valence-electron chi connectivity index (χ4n) is 7.01. The molecule has 5 nitrogen and oxygen atoms in total. The van der Waals surface area contributed by atoms with Crippen molar-refractivity contribution in [2.45, 2.75) is 90.4 Å². The highest BCUT2D eigenvalue weighted by Crippen LogP contribution is 2.47. The zero-order chi connectivity index (χ0) is 37.2. The third kappa shape index (κ3) is 7.98. The Labute approximate surface area is 306 Å². The van der Waals surface area contributed by atoms with E-state index in [0.717, 1.165) is 11.3 Å². The number of rotatable bonds is 10. The first-order valence-electron chi connectivity index (χ1n) is 18.3. The molecule has 0 aliphatic carbocycles. The average Bonchev–Trinajstić information content (AvgIpc) is 3.46. The van der Waals surface area contributed by atoms with Crippen LogP contribution in [-0.4, -0.2) is 48.0 Å². The van der Waals surface area contributed by atoms with E-state index in [0.29, 0.717) is 32.7 Å². The minimum absolute atomic E-state index is 0.0351. The van der Waals surface area contributed by atoms with Crippen molar-refractivity contribution < 1.29 is 14.3 Å². The summed E-state index contributed by atoms with van der Waals surface area (Å²) in [7, 11) is 0. The summed E-state index contributed by atoms with van der Waals surface area (Å²) in [6.45, 7) is 25.7. The monoisotopic (exact) mass is 684 g/mol. The van der Waals surface area contributed by atoms with E-state index in [9.17, 15) is 9.59 Å². The molecule has 4 aromatic rings. The second kappa shape index (κ2) is 14.5. The van der Waals surface area contributed by atoms with Gasteiger partial charge < -0.3 is 9.64 Å². The van der Waals surface area contributed by atoms with Crippen LogP contribution in [0.25, 0.3) is 0 Å². The summed E-state index contributed by atoms with van der Waals surface area (Å²) in [5.74, 6) is 0.424. The maximum absolute atomic E-state index is 12.6. The van der Waals surface area contributed by atoms with Crippen LogP contribution >= 0.6 is 0 Å². The molecule has 3 amide bonds. The van der Waals surface area contributed by atoms with Crippen LogP contribution in [0.4, 0.5) is 4.79 Å². The Balaban J connectivity index is 1.53. The number of nitrogens with zero attached hydrogens (tertiary/aromatic N) is 2. The van der Waals surface area contributed by atoms with Crippen LogP contribution in [0.5, 0.6) is 5.75 Å². The first-order chi connectivity index (χ1) is 24.0. The lowest BCUT2D eigenvalue weighted by Gasteiger charge is -2.38. The number of hydrogen-bond donors (Lipinski definition) is 0. The number of carbonyl (C=O) groups is 2. The van der Waals surface area contributed by atoms with Crippen molar-refractivity contribution >= 4 is 11.9 Å². The minimum Gasteiger partial charge on any atom is -0.494 e. The van der Waals surface area contributed by atoms with Crippen molar-refractivity contribution in [2.24, 2.45) is 0 Å². The van der Waals surface area contributed by atoms with Gasteiger partial charge in [-0.2, -0.15) is 0 Å². The molecule has 0 atom stereocenters. The van der Waals surface area contributed by atoms with E-state index in [-0.39, 0.29) is 28.2 Å². The lowest BCUT2D eigenvalue weighted by atomic mass is 9.64. The maximum atomic E-state index is 12.6. The molecule has 5 heteroatoms. The third-order valence-corrected chi connectivity index (χ3v) is 10.2. The average molecular weight is 685 g/mol. The van der Waals surface area contributed by atoms with Crippen LogP contribution in [0.15, 0.2) is 110 Å². The molecule has 4 aromatic carbocycles. The molecule has 5 rings (SSSR count). The van der Waals surface area contributed by atoms with Gasteiger partial charge in [0.25, 0.3) is 5.91 Å². The number of benzene rings is 4. The highest BCUT2D eigenvalue weighted by molar-refractivity contribution is 6.01. The first-order valence-corrected chi connectivity index (χ1v) is 18.3. The van der Waals surface area contributed by atoms with Crippen LogP contribution in [0.3, 0.4) is 0 Å².